The lowest BCUT2D eigenvalue weighted by molar-refractivity contribution is 0.130. The topological polar surface area (TPSA) is 3.24 Å². The van der Waals surface area contributed by atoms with Crippen molar-refractivity contribution in [2.45, 2.75) is 64.3 Å². The summed E-state index contributed by atoms with van der Waals surface area (Å²) >= 11 is 0. The highest BCUT2D eigenvalue weighted by Crippen LogP contribution is 2.33. The summed E-state index contributed by atoms with van der Waals surface area (Å²) < 4.78 is 0. The monoisotopic (exact) mass is 197 g/mol. The minimum atomic E-state index is 0.876. The molecule has 0 aromatic heterocycles. The molecule has 0 radical (unpaired) electrons. The predicted molar refractivity (Wildman–Crippen MR) is 63.6 cm³/mol. The molecule has 0 saturated heterocycles. The van der Waals surface area contributed by atoms with Crippen LogP contribution in [0.15, 0.2) is 0 Å². The average molecular weight is 197 g/mol. The van der Waals surface area contributed by atoms with Crippen molar-refractivity contribution in [2.24, 2.45) is 5.92 Å². The summed E-state index contributed by atoms with van der Waals surface area (Å²) in [5.41, 5.74) is 0. The van der Waals surface area contributed by atoms with Crippen molar-refractivity contribution >= 4 is 0 Å². The highest BCUT2D eigenvalue weighted by atomic mass is 15.1. The molecule has 84 valence electrons. The maximum Gasteiger partial charge on any atom is 0.0117 e. The van der Waals surface area contributed by atoms with E-state index in [0.29, 0.717) is 0 Å². The van der Waals surface area contributed by atoms with Crippen LogP contribution in [0, 0.1) is 5.92 Å². The highest BCUT2D eigenvalue weighted by Gasteiger charge is 2.27. The molecule has 1 aliphatic carbocycles. The first-order valence-electron chi connectivity index (χ1n) is 6.42. The molecule has 1 aliphatic rings. The molecule has 1 saturated carbocycles. The quantitative estimate of drug-likeness (QED) is 0.563. The average Bonchev–Trinajstić information content (AvgIpc) is 2.06. The van der Waals surface area contributed by atoms with Gasteiger partial charge in [-0.1, -0.05) is 39.0 Å². The molecular formula is C13H27N. The second-order valence-corrected chi connectivity index (χ2v) is 5.07. The van der Waals surface area contributed by atoms with Gasteiger partial charge in [0.1, 0.15) is 0 Å². The lowest BCUT2D eigenvalue weighted by atomic mass is 9.77. The zero-order valence-electron chi connectivity index (χ0n) is 10.3. The molecule has 1 nitrogen and oxygen atoms in total. The van der Waals surface area contributed by atoms with E-state index in [-0.39, 0.29) is 0 Å². The molecule has 1 fully saturated rings. The van der Waals surface area contributed by atoms with Gasteiger partial charge in [0.2, 0.25) is 0 Å². The molecular weight excluding hydrogens is 170 g/mol. The van der Waals surface area contributed by atoms with Crippen molar-refractivity contribution in [1.82, 2.24) is 4.90 Å². The summed E-state index contributed by atoms with van der Waals surface area (Å²) in [5, 5.41) is 0. The maximum atomic E-state index is 2.45. The molecule has 0 aromatic carbocycles. The fraction of sp³-hybridized carbons (Fsp3) is 1.00. The maximum absolute atomic E-state index is 2.45. The highest BCUT2D eigenvalue weighted by molar-refractivity contribution is 4.82. The molecule has 1 unspecified atom stereocenters. The normalized spacial score (nSPS) is 19.7. The summed E-state index contributed by atoms with van der Waals surface area (Å²) in [5.74, 6) is 1.02. The fourth-order valence-electron chi connectivity index (χ4n) is 2.52. The van der Waals surface area contributed by atoms with E-state index in [0.717, 1.165) is 12.0 Å². The lowest BCUT2D eigenvalue weighted by Crippen LogP contribution is -2.38. The third kappa shape index (κ3) is 3.61. The van der Waals surface area contributed by atoms with E-state index in [9.17, 15) is 0 Å². The van der Waals surface area contributed by atoms with Crippen molar-refractivity contribution in [3.05, 3.63) is 0 Å². The van der Waals surface area contributed by atoms with Crippen LogP contribution in [0.25, 0.3) is 0 Å². The van der Waals surface area contributed by atoms with Gasteiger partial charge in [0, 0.05) is 6.04 Å². The van der Waals surface area contributed by atoms with Crippen LogP contribution in [0.4, 0.5) is 0 Å². The second-order valence-electron chi connectivity index (χ2n) is 5.07. The Morgan fingerprint density at radius 3 is 2.29 bits per heavy atom. The van der Waals surface area contributed by atoms with Gasteiger partial charge in [-0.15, -0.1) is 0 Å². The van der Waals surface area contributed by atoms with Crippen molar-refractivity contribution in [2.75, 3.05) is 14.1 Å². The largest absolute Gasteiger partial charge is 0.306 e. The Bertz CT molecular complexity index is 138. The Labute approximate surface area is 89.9 Å². The van der Waals surface area contributed by atoms with Crippen LogP contribution >= 0.6 is 0 Å². The van der Waals surface area contributed by atoms with Gasteiger partial charge in [0.15, 0.2) is 0 Å². The van der Waals surface area contributed by atoms with E-state index in [4.69, 9.17) is 0 Å². The van der Waals surface area contributed by atoms with E-state index in [1.165, 1.54) is 51.4 Å². The van der Waals surface area contributed by atoms with Crippen LogP contribution in [0.2, 0.25) is 0 Å². The van der Waals surface area contributed by atoms with Crippen molar-refractivity contribution in [3.8, 4) is 0 Å². The number of rotatable bonds is 7. The molecule has 0 bridgehead atoms. The first kappa shape index (κ1) is 12.0. The molecule has 0 aromatic rings. The third-order valence-corrected chi connectivity index (χ3v) is 3.71. The molecule has 0 spiro atoms. The van der Waals surface area contributed by atoms with Crippen LogP contribution in [0.5, 0.6) is 0 Å². The summed E-state index contributed by atoms with van der Waals surface area (Å²) in [4.78, 5) is 2.45. The first-order valence-corrected chi connectivity index (χ1v) is 6.42. The summed E-state index contributed by atoms with van der Waals surface area (Å²) in [6, 6.07) is 0.876. The fourth-order valence-corrected chi connectivity index (χ4v) is 2.52. The minimum Gasteiger partial charge on any atom is -0.306 e. The molecule has 1 rings (SSSR count). The van der Waals surface area contributed by atoms with Gasteiger partial charge in [0.05, 0.1) is 0 Å². The molecule has 0 aliphatic heterocycles. The standard InChI is InChI=1S/C13H27N/c1-4-5-6-7-11-13(14(2)3)12-9-8-10-12/h12-13H,4-11H2,1-3H3. The van der Waals surface area contributed by atoms with Crippen LogP contribution in [-0.4, -0.2) is 25.0 Å². The van der Waals surface area contributed by atoms with Crippen LogP contribution in [0.3, 0.4) is 0 Å². The summed E-state index contributed by atoms with van der Waals surface area (Å²) in [7, 11) is 4.51. The van der Waals surface area contributed by atoms with Crippen LogP contribution < -0.4 is 0 Å². The van der Waals surface area contributed by atoms with Gasteiger partial charge in [-0.25, -0.2) is 0 Å². The summed E-state index contributed by atoms with van der Waals surface area (Å²) in [6.45, 7) is 2.29. The van der Waals surface area contributed by atoms with E-state index < -0.39 is 0 Å². The number of hydrogen-bond donors (Lipinski definition) is 0. The molecule has 14 heavy (non-hydrogen) atoms. The van der Waals surface area contributed by atoms with Crippen LogP contribution in [0.1, 0.15) is 58.3 Å². The van der Waals surface area contributed by atoms with E-state index in [1.807, 2.05) is 0 Å². The number of hydrogen-bond acceptors (Lipinski definition) is 1. The van der Waals surface area contributed by atoms with Crippen molar-refractivity contribution in [1.29, 1.82) is 0 Å². The van der Waals surface area contributed by atoms with Gasteiger partial charge < -0.3 is 4.90 Å². The van der Waals surface area contributed by atoms with E-state index in [2.05, 4.69) is 25.9 Å². The van der Waals surface area contributed by atoms with Gasteiger partial charge in [0.25, 0.3) is 0 Å². The van der Waals surface area contributed by atoms with Crippen molar-refractivity contribution in [3.63, 3.8) is 0 Å². The smallest absolute Gasteiger partial charge is 0.0117 e. The molecule has 1 atom stereocenters. The predicted octanol–water partition coefficient (Wildman–Crippen LogP) is 3.69. The zero-order valence-corrected chi connectivity index (χ0v) is 10.3. The lowest BCUT2D eigenvalue weighted by Gasteiger charge is -2.38. The summed E-state index contributed by atoms with van der Waals surface area (Å²) in [6.07, 6.45) is 11.5. The minimum absolute atomic E-state index is 0.876. The third-order valence-electron chi connectivity index (χ3n) is 3.71. The van der Waals surface area contributed by atoms with E-state index in [1.54, 1.807) is 0 Å². The zero-order chi connectivity index (χ0) is 10.4. The molecule has 0 heterocycles. The Morgan fingerprint density at radius 2 is 1.86 bits per heavy atom. The number of unbranched alkanes of at least 4 members (excludes halogenated alkanes) is 3. The van der Waals surface area contributed by atoms with Gasteiger partial charge in [-0.2, -0.15) is 0 Å². The molecule has 1 heteroatoms. The van der Waals surface area contributed by atoms with E-state index >= 15 is 0 Å². The van der Waals surface area contributed by atoms with Crippen LogP contribution in [-0.2, 0) is 0 Å². The SMILES string of the molecule is CCCCCCC(C1CCC1)N(C)C. The Morgan fingerprint density at radius 1 is 1.14 bits per heavy atom. The first-order chi connectivity index (χ1) is 6.75. The van der Waals surface area contributed by atoms with Gasteiger partial charge >= 0.3 is 0 Å². The Kier molecular flexibility index (Phi) is 5.54. The Hall–Kier alpha value is -0.0400. The van der Waals surface area contributed by atoms with Gasteiger partial charge in [-0.3, -0.25) is 0 Å². The van der Waals surface area contributed by atoms with Crippen molar-refractivity contribution < 1.29 is 0 Å². The molecule has 0 amide bonds. The second kappa shape index (κ2) is 6.44. The molecule has 0 N–H and O–H groups in total. The van der Waals surface area contributed by atoms with Gasteiger partial charge in [-0.05, 0) is 39.3 Å². The number of nitrogens with zero attached hydrogens (tertiary/aromatic N) is 1. The Balaban J connectivity index is 2.15.